The maximum absolute atomic E-state index is 11.7. The molecule has 0 saturated heterocycles. The minimum absolute atomic E-state index is 0.165. The highest BCUT2D eigenvalue weighted by Crippen LogP contribution is 2.30. The lowest BCUT2D eigenvalue weighted by Gasteiger charge is -2.20. The molecule has 0 amide bonds. The van der Waals surface area contributed by atoms with Crippen LogP contribution < -0.4 is 5.73 Å². The highest BCUT2D eigenvalue weighted by Gasteiger charge is 2.38. The monoisotopic (exact) mass is 222 g/mol. The molecule has 1 atom stereocenters. The SMILES string of the molecule is COCC(N)CN(C)S(=O)(=O)C1CC1. The molecular weight excluding hydrogens is 204 g/mol. The lowest BCUT2D eigenvalue weighted by molar-refractivity contribution is 0.173. The summed E-state index contributed by atoms with van der Waals surface area (Å²) in [5.41, 5.74) is 5.67. The Kier molecular flexibility index (Phi) is 3.88. The van der Waals surface area contributed by atoms with E-state index in [0.29, 0.717) is 13.2 Å². The lowest BCUT2D eigenvalue weighted by Crippen LogP contribution is -2.42. The first-order valence-corrected chi connectivity index (χ1v) is 6.18. The van der Waals surface area contributed by atoms with Crippen LogP contribution >= 0.6 is 0 Å². The quantitative estimate of drug-likeness (QED) is 0.650. The molecule has 1 aliphatic rings. The number of hydrogen-bond donors (Lipinski definition) is 1. The maximum Gasteiger partial charge on any atom is 0.216 e. The summed E-state index contributed by atoms with van der Waals surface area (Å²) in [6, 6.07) is -0.251. The number of nitrogens with zero attached hydrogens (tertiary/aromatic N) is 1. The molecule has 0 radical (unpaired) electrons. The number of rotatable bonds is 6. The van der Waals surface area contributed by atoms with Gasteiger partial charge < -0.3 is 10.5 Å². The molecule has 1 saturated carbocycles. The highest BCUT2D eigenvalue weighted by atomic mass is 32.2. The first kappa shape index (κ1) is 11.9. The zero-order chi connectivity index (χ0) is 10.8. The summed E-state index contributed by atoms with van der Waals surface area (Å²) in [5.74, 6) is 0. The summed E-state index contributed by atoms with van der Waals surface area (Å²) >= 11 is 0. The third-order valence-corrected chi connectivity index (χ3v) is 4.58. The van der Waals surface area contributed by atoms with Gasteiger partial charge >= 0.3 is 0 Å². The molecule has 1 aliphatic carbocycles. The van der Waals surface area contributed by atoms with E-state index < -0.39 is 10.0 Å². The van der Waals surface area contributed by atoms with Crippen LogP contribution in [0.1, 0.15) is 12.8 Å². The smallest absolute Gasteiger partial charge is 0.216 e. The molecule has 1 unspecified atom stereocenters. The Hall–Kier alpha value is -0.170. The van der Waals surface area contributed by atoms with Gasteiger partial charge in [0.1, 0.15) is 0 Å². The van der Waals surface area contributed by atoms with E-state index in [2.05, 4.69) is 0 Å². The van der Waals surface area contributed by atoms with Gasteiger partial charge in [0.2, 0.25) is 10.0 Å². The molecule has 0 heterocycles. The van der Waals surface area contributed by atoms with Crippen molar-refractivity contribution in [2.24, 2.45) is 5.73 Å². The molecule has 0 aliphatic heterocycles. The Balaban J connectivity index is 2.44. The standard InChI is InChI=1S/C8H18N2O3S/c1-10(5-7(9)6-13-2)14(11,12)8-3-4-8/h7-8H,3-6,9H2,1-2H3. The van der Waals surface area contributed by atoms with Gasteiger partial charge in [0.05, 0.1) is 11.9 Å². The summed E-state index contributed by atoms with van der Waals surface area (Å²) in [7, 11) is 0.0420. The number of sulfonamides is 1. The topological polar surface area (TPSA) is 72.6 Å². The van der Waals surface area contributed by atoms with Crippen molar-refractivity contribution in [3.8, 4) is 0 Å². The van der Waals surface area contributed by atoms with Gasteiger partial charge in [-0.2, -0.15) is 0 Å². The molecular formula is C8H18N2O3S. The van der Waals surface area contributed by atoms with E-state index in [1.165, 1.54) is 4.31 Å². The number of hydrogen-bond acceptors (Lipinski definition) is 4. The highest BCUT2D eigenvalue weighted by molar-refractivity contribution is 7.90. The van der Waals surface area contributed by atoms with Crippen molar-refractivity contribution < 1.29 is 13.2 Å². The average Bonchev–Trinajstić information content (AvgIpc) is 2.86. The lowest BCUT2D eigenvalue weighted by atomic mass is 10.3. The van der Waals surface area contributed by atoms with Crippen LogP contribution in [-0.4, -0.2) is 51.3 Å². The molecule has 84 valence electrons. The zero-order valence-electron chi connectivity index (χ0n) is 8.64. The van der Waals surface area contributed by atoms with E-state index in [9.17, 15) is 8.42 Å². The van der Waals surface area contributed by atoms with E-state index in [1.54, 1.807) is 14.2 Å². The van der Waals surface area contributed by atoms with Crippen LogP contribution in [0.15, 0.2) is 0 Å². The summed E-state index contributed by atoms with van der Waals surface area (Å²) in [5, 5.41) is -0.165. The van der Waals surface area contributed by atoms with E-state index in [-0.39, 0.29) is 11.3 Å². The van der Waals surface area contributed by atoms with Crippen molar-refractivity contribution >= 4 is 10.0 Å². The maximum atomic E-state index is 11.7. The predicted octanol–water partition coefficient (Wildman–Crippen LogP) is -0.616. The van der Waals surface area contributed by atoms with Crippen LogP contribution in [0.4, 0.5) is 0 Å². The first-order chi connectivity index (χ1) is 6.48. The Labute approximate surface area is 85.3 Å². The predicted molar refractivity (Wildman–Crippen MR) is 54.4 cm³/mol. The van der Waals surface area contributed by atoms with Gasteiger partial charge in [0.25, 0.3) is 0 Å². The van der Waals surface area contributed by atoms with Gasteiger partial charge in [0.15, 0.2) is 0 Å². The van der Waals surface area contributed by atoms with Crippen LogP contribution in [0.3, 0.4) is 0 Å². The number of methoxy groups -OCH3 is 1. The normalized spacial score (nSPS) is 20.0. The van der Waals surface area contributed by atoms with Gasteiger partial charge in [0, 0.05) is 26.7 Å². The van der Waals surface area contributed by atoms with E-state index in [1.807, 2.05) is 0 Å². The molecule has 2 N–H and O–H groups in total. The van der Waals surface area contributed by atoms with Crippen LogP contribution in [0.25, 0.3) is 0 Å². The van der Waals surface area contributed by atoms with Gasteiger partial charge in [-0.05, 0) is 12.8 Å². The van der Waals surface area contributed by atoms with Crippen molar-refractivity contribution in [2.75, 3.05) is 27.3 Å². The van der Waals surface area contributed by atoms with Crippen molar-refractivity contribution in [2.45, 2.75) is 24.1 Å². The molecule has 1 rings (SSSR count). The summed E-state index contributed by atoms with van der Waals surface area (Å²) in [4.78, 5) is 0. The molecule has 0 aromatic rings. The fraction of sp³-hybridized carbons (Fsp3) is 1.00. The number of likely N-dealkylation sites (N-methyl/N-ethyl adjacent to an activating group) is 1. The second-order valence-electron chi connectivity index (χ2n) is 3.74. The zero-order valence-corrected chi connectivity index (χ0v) is 9.46. The average molecular weight is 222 g/mol. The largest absolute Gasteiger partial charge is 0.383 e. The van der Waals surface area contributed by atoms with Crippen LogP contribution in [0, 0.1) is 0 Å². The van der Waals surface area contributed by atoms with Gasteiger partial charge in [-0.3, -0.25) is 0 Å². The molecule has 14 heavy (non-hydrogen) atoms. The van der Waals surface area contributed by atoms with Crippen molar-refractivity contribution in [3.63, 3.8) is 0 Å². The third-order valence-electron chi connectivity index (χ3n) is 2.25. The fourth-order valence-electron chi connectivity index (χ4n) is 1.32. The molecule has 0 aromatic carbocycles. The molecule has 6 heteroatoms. The fourth-order valence-corrected chi connectivity index (χ4v) is 2.96. The number of ether oxygens (including phenoxy) is 1. The van der Waals surface area contributed by atoms with Crippen molar-refractivity contribution in [1.29, 1.82) is 0 Å². The van der Waals surface area contributed by atoms with Gasteiger partial charge in [-0.25, -0.2) is 12.7 Å². The Morgan fingerprint density at radius 1 is 1.57 bits per heavy atom. The van der Waals surface area contributed by atoms with Crippen LogP contribution in [0.5, 0.6) is 0 Å². The summed E-state index contributed by atoms with van der Waals surface area (Å²) in [6.07, 6.45) is 1.57. The van der Waals surface area contributed by atoms with E-state index in [4.69, 9.17) is 10.5 Å². The molecule has 1 fully saturated rings. The van der Waals surface area contributed by atoms with Crippen molar-refractivity contribution in [1.82, 2.24) is 4.31 Å². The Morgan fingerprint density at radius 3 is 2.57 bits per heavy atom. The Morgan fingerprint density at radius 2 is 2.14 bits per heavy atom. The van der Waals surface area contributed by atoms with E-state index in [0.717, 1.165) is 12.8 Å². The Bertz CT molecular complexity index is 274. The second-order valence-corrected chi connectivity index (χ2v) is 6.06. The first-order valence-electron chi connectivity index (χ1n) is 4.68. The van der Waals surface area contributed by atoms with Crippen molar-refractivity contribution in [3.05, 3.63) is 0 Å². The summed E-state index contributed by atoms with van der Waals surface area (Å²) in [6.45, 7) is 0.706. The molecule has 5 nitrogen and oxygen atoms in total. The minimum Gasteiger partial charge on any atom is -0.383 e. The molecule has 0 bridgehead atoms. The van der Waals surface area contributed by atoms with E-state index >= 15 is 0 Å². The third kappa shape index (κ3) is 2.91. The summed E-state index contributed by atoms with van der Waals surface area (Å²) < 4.78 is 29.5. The molecule has 0 spiro atoms. The minimum atomic E-state index is -3.08. The van der Waals surface area contributed by atoms with Crippen LogP contribution in [0.2, 0.25) is 0 Å². The number of nitrogens with two attached hydrogens (primary N) is 1. The second kappa shape index (κ2) is 4.57. The van der Waals surface area contributed by atoms with Gasteiger partial charge in [-0.15, -0.1) is 0 Å². The van der Waals surface area contributed by atoms with Gasteiger partial charge in [-0.1, -0.05) is 0 Å². The van der Waals surface area contributed by atoms with Crippen LogP contribution in [-0.2, 0) is 14.8 Å². The molecule has 0 aromatic heterocycles.